The number of hydrogen-bond acceptors (Lipinski definition) is 6. The summed E-state index contributed by atoms with van der Waals surface area (Å²) in [5.74, 6) is 2.62. The Labute approximate surface area is 150 Å². The van der Waals surface area contributed by atoms with E-state index in [2.05, 4.69) is 9.97 Å². The van der Waals surface area contributed by atoms with Crippen LogP contribution < -0.4 is 15.2 Å². The van der Waals surface area contributed by atoms with E-state index >= 15 is 0 Å². The van der Waals surface area contributed by atoms with Gasteiger partial charge in [0.15, 0.2) is 17.0 Å². The van der Waals surface area contributed by atoms with Crippen LogP contribution in [0.15, 0.2) is 54.9 Å². The molecule has 2 heterocycles. The second-order valence-corrected chi connectivity index (χ2v) is 5.63. The van der Waals surface area contributed by atoms with E-state index in [9.17, 15) is 0 Å². The summed E-state index contributed by atoms with van der Waals surface area (Å²) in [6.45, 7) is 0. The van der Waals surface area contributed by atoms with Crippen molar-refractivity contribution in [3.8, 4) is 28.6 Å². The molecule has 0 saturated heterocycles. The van der Waals surface area contributed by atoms with Crippen LogP contribution in [-0.2, 0) is 0 Å². The number of benzene rings is 2. The first-order valence-electron chi connectivity index (χ1n) is 7.99. The van der Waals surface area contributed by atoms with Crippen molar-refractivity contribution >= 4 is 17.0 Å². The van der Waals surface area contributed by atoms with Gasteiger partial charge in [-0.3, -0.25) is 4.57 Å². The molecule has 0 spiro atoms. The SMILES string of the molecule is COc1ccc(-c2nc3c(N)ncnc3n2-c2ccc(OC)cc2)cc1. The molecule has 0 fully saturated rings. The molecule has 0 bridgehead atoms. The van der Waals surface area contributed by atoms with Crippen molar-refractivity contribution in [1.82, 2.24) is 19.5 Å². The van der Waals surface area contributed by atoms with E-state index in [1.54, 1.807) is 14.2 Å². The number of aromatic nitrogens is 4. The minimum absolute atomic E-state index is 0.344. The van der Waals surface area contributed by atoms with E-state index in [1.165, 1.54) is 6.33 Å². The average Bonchev–Trinajstić information content (AvgIpc) is 3.09. The van der Waals surface area contributed by atoms with Gasteiger partial charge in [0.05, 0.1) is 14.2 Å². The number of nitrogens with two attached hydrogens (primary N) is 1. The standard InChI is InChI=1S/C19H17N5O2/c1-25-14-7-3-12(4-8-14)18-23-16-17(20)21-11-22-19(16)24(18)13-5-9-15(26-2)10-6-13/h3-11H,1-2H3,(H2,20,21,22). The Bertz CT molecular complexity index is 1060. The van der Waals surface area contributed by atoms with Gasteiger partial charge in [0, 0.05) is 11.3 Å². The highest BCUT2D eigenvalue weighted by molar-refractivity contribution is 5.87. The lowest BCUT2D eigenvalue weighted by molar-refractivity contribution is 0.414. The quantitative estimate of drug-likeness (QED) is 0.610. The van der Waals surface area contributed by atoms with Crippen molar-refractivity contribution in [1.29, 1.82) is 0 Å². The maximum absolute atomic E-state index is 6.02. The maximum Gasteiger partial charge on any atom is 0.170 e. The zero-order chi connectivity index (χ0) is 18.1. The second-order valence-electron chi connectivity index (χ2n) is 5.63. The van der Waals surface area contributed by atoms with Crippen molar-refractivity contribution in [3.05, 3.63) is 54.9 Å². The van der Waals surface area contributed by atoms with Gasteiger partial charge in [0.25, 0.3) is 0 Å². The molecule has 0 aliphatic rings. The van der Waals surface area contributed by atoms with Gasteiger partial charge in [0.1, 0.15) is 23.7 Å². The van der Waals surface area contributed by atoms with Crippen molar-refractivity contribution in [2.24, 2.45) is 0 Å². The van der Waals surface area contributed by atoms with E-state index in [-0.39, 0.29) is 0 Å². The zero-order valence-electron chi connectivity index (χ0n) is 14.4. The minimum atomic E-state index is 0.344. The molecule has 7 heteroatoms. The molecule has 0 saturated carbocycles. The highest BCUT2D eigenvalue weighted by Gasteiger charge is 2.17. The largest absolute Gasteiger partial charge is 0.497 e. The molecule has 0 aliphatic heterocycles. The lowest BCUT2D eigenvalue weighted by atomic mass is 10.2. The first kappa shape index (κ1) is 15.9. The average molecular weight is 347 g/mol. The van der Waals surface area contributed by atoms with Crippen LogP contribution in [0.5, 0.6) is 11.5 Å². The van der Waals surface area contributed by atoms with Crippen LogP contribution in [0.4, 0.5) is 5.82 Å². The number of ether oxygens (including phenoxy) is 2. The van der Waals surface area contributed by atoms with Crippen LogP contribution in [0, 0.1) is 0 Å². The van der Waals surface area contributed by atoms with Crippen molar-refractivity contribution in [3.63, 3.8) is 0 Å². The fourth-order valence-electron chi connectivity index (χ4n) is 2.82. The number of nitrogen functional groups attached to an aromatic ring is 1. The molecule has 0 unspecified atom stereocenters. The summed E-state index contributed by atoms with van der Waals surface area (Å²) in [5, 5.41) is 0. The molecule has 0 atom stereocenters. The van der Waals surface area contributed by atoms with Crippen molar-refractivity contribution < 1.29 is 9.47 Å². The van der Waals surface area contributed by atoms with E-state index in [0.717, 1.165) is 28.6 Å². The third-order valence-corrected chi connectivity index (χ3v) is 4.15. The van der Waals surface area contributed by atoms with Gasteiger partial charge < -0.3 is 15.2 Å². The molecule has 2 aromatic heterocycles. The molecule has 26 heavy (non-hydrogen) atoms. The minimum Gasteiger partial charge on any atom is -0.497 e. The Kier molecular flexibility index (Phi) is 3.89. The van der Waals surface area contributed by atoms with Crippen LogP contribution in [0.2, 0.25) is 0 Å². The molecule has 0 radical (unpaired) electrons. The molecule has 130 valence electrons. The molecule has 4 aromatic rings. The summed E-state index contributed by atoms with van der Waals surface area (Å²) >= 11 is 0. The monoisotopic (exact) mass is 347 g/mol. The molecular formula is C19H17N5O2. The normalized spacial score (nSPS) is 10.8. The number of rotatable bonds is 4. The third-order valence-electron chi connectivity index (χ3n) is 4.15. The lowest BCUT2D eigenvalue weighted by Crippen LogP contribution is -1.99. The fourth-order valence-corrected chi connectivity index (χ4v) is 2.82. The number of methoxy groups -OCH3 is 2. The summed E-state index contributed by atoms with van der Waals surface area (Å²) < 4.78 is 12.4. The summed E-state index contributed by atoms with van der Waals surface area (Å²) in [6.07, 6.45) is 1.44. The maximum atomic E-state index is 6.02. The van der Waals surface area contributed by atoms with Crippen LogP contribution in [0.3, 0.4) is 0 Å². The summed E-state index contributed by atoms with van der Waals surface area (Å²) in [5.41, 5.74) is 9.05. The summed E-state index contributed by atoms with van der Waals surface area (Å²) in [4.78, 5) is 13.1. The van der Waals surface area contributed by atoms with E-state index < -0.39 is 0 Å². The van der Waals surface area contributed by atoms with E-state index in [1.807, 2.05) is 53.1 Å². The smallest absolute Gasteiger partial charge is 0.170 e. The zero-order valence-corrected chi connectivity index (χ0v) is 14.4. The number of imidazole rings is 1. The van der Waals surface area contributed by atoms with Crippen molar-refractivity contribution in [2.45, 2.75) is 0 Å². The van der Waals surface area contributed by atoms with Gasteiger partial charge in [-0.05, 0) is 48.5 Å². The van der Waals surface area contributed by atoms with Crippen LogP contribution in [-0.4, -0.2) is 33.7 Å². The highest BCUT2D eigenvalue weighted by Crippen LogP contribution is 2.30. The molecule has 4 rings (SSSR count). The number of fused-ring (bicyclic) bond motifs is 1. The van der Waals surface area contributed by atoms with Crippen LogP contribution in [0.25, 0.3) is 28.2 Å². The van der Waals surface area contributed by atoms with Crippen LogP contribution in [0.1, 0.15) is 0 Å². The molecule has 0 amide bonds. The molecule has 7 nitrogen and oxygen atoms in total. The van der Waals surface area contributed by atoms with Crippen LogP contribution >= 0.6 is 0 Å². The predicted molar refractivity (Wildman–Crippen MR) is 99.6 cm³/mol. The Balaban J connectivity index is 1.97. The first-order chi connectivity index (χ1) is 12.7. The molecule has 2 N–H and O–H groups in total. The summed E-state index contributed by atoms with van der Waals surface area (Å²) in [7, 11) is 3.27. The highest BCUT2D eigenvalue weighted by atomic mass is 16.5. The number of anilines is 1. The molecule has 0 aliphatic carbocycles. The van der Waals surface area contributed by atoms with Gasteiger partial charge >= 0.3 is 0 Å². The summed E-state index contributed by atoms with van der Waals surface area (Å²) in [6, 6.07) is 15.4. The Morgan fingerprint density at radius 2 is 1.46 bits per heavy atom. The van der Waals surface area contributed by atoms with Crippen molar-refractivity contribution in [2.75, 3.05) is 20.0 Å². The van der Waals surface area contributed by atoms with E-state index in [4.69, 9.17) is 20.2 Å². The second kappa shape index (κ2) is 6.36. The van der Waals surface area contributed by atoms with Gasteiger partial charge in [-0.2, -0.15) is 0 Å². The van der Waals surface area contributed by atoms with Gasteiger partial charge in [-0.15, -0.1) is 0 Å². The molecular weight excluding hydrogens is 330 g/mol. The topological polar surface area (TPSA) is 88.1 Å². The van der Waals surface area contributed by atoms with Gasteiger partial charge in [-0.25, -0.2) is 15.0 Å². The molecule has 2 aromatic carbocycles. The lowest BCUT2D eigenvalue weighted by Gasteiger charge is -2.10. The predicted octanol–water partition coefficient (Wildman–Crippen LogP) is 3.08. The van der Waals surface area contributed by atoms with Gasteiger partial charge in [0.2, 0.25) is 0 Å². The fraction of sp³-hybridized carbons (Fsp3) is 0.105. The third kappa shape index (κ3) is 2.59. The first-order valence-corrected chi connectivity index (χ1v) is 7.99. The Morgan fingerprint density at radius 1 is 0.846 bits per heavy atom. The van der Waals surface area contributed by atoms with Gasteiger partial charge in [-0.1, -0.05) is 0 Å². The number of hydrogen-bond donors (Lipinski definition) is 1. The number of nitrogens with zero attached hydrogens (tertiary/aromatic N) is 4. The Hall–Kier alpha value is -3.61. The van der Waals surface area contributed by atoms with E-state index in [0.29, 0.717) is 17.0 Å². The Morgan fingerprint density at radius 3 is 2.08 bits per heavy atom.